The van der Waals surface area contributed by atoms with E-state index in [1.807, 2.05) is 12.1 Å². The molecule has 51 heavy (non-hydrogen) atoms. The van der Waals surface area contributed by atoms with Gasteiger partial charge >= 0.3 is 0 Å². The summed E-state index contributed by atoms with van der Waals surface area (Å²) in [5, 5.41) is 16.2. The third-order valence-electron chi connectivity index (χ3n) is 11.2. The summed E-state index contributed by atoms with van der Waals surface area (Å²) >= 11 is 6.45. The molecule has 0 saturated heterocycles. The van der Waals surface area contributed by atoms with E-state index in [2.05, 4.69) is 31.2 Å². The number of methoxy groups -OCH3 is 1. The first-order valence-electron chi connectivity index (χ1n) is 17.7. The lowest BCUT2D eigenvalue weighted by molar-refractivity contribution is 0.0124. The Bertz CT molecular complexity index is 2010. The number of fused-ring (bicyclic) bond motifs is 4. The summed E-state index contributed by atoms with van der Waals surface area (Å²) in [4.78, 5) is 29.8. The van der Waals surface area contributed by atoms with Crippen molar-refractivity contribution in [2.75, 3.05) is 37.5 Å². The fourth-order valence-electron chi connectivity index (χ4n) is 8.36. The largest absolute Gasteiger partial charge is 0.490 e. The van der Waals surface area contributed by atoms with Crippen molar-refractivity contribution in [3.63, 3.8) is 0 Å². The number of amides is 2. The molecule has 0 radical (unpaired) electrons. The predicted octanol–water partition coefficient (Wildman–Crippen LogP) is 5.42. The molecule has 11 nitrogen and oxygen atoms in total. The third-order valence-corrected chi connectivity index (χ3v) is 13.4. The van der Waals surface area contributed by atoms with Crippen LogP contribution in [0.25, 0.3) is 0 Å². The Morgan fingerprint density at radius 1 is 1.20 bits per heavy atom. The zero-order valence-electron chi connectivity index (χ0n) is 29.5. The van der Waals surface area contributed by atoms with Gasteiger partial charge in [0.15, 0.2) is 0 Å². The highest BCUT2D eigenvalue weighted by Crippen LogP contribution is 2.47. The first-order chi connectivity index (χ1) is 24.4. The molecule has 7 atom stereocenters. The number of carbonyl (C=O) groups is 2. The van der Waals surface area contributed by atoms with Gasteiger partial charge in [-0.05, 0) is 98.2 Å². The first kappa shape index (κ1) is 35.7. The van der Waals surface area contributed by atoms with Gasteiger partial charge < -0.3 is 19.5 Å². The summed E-state index contributed by atoms with van der Waals surface area (Å²) < 4.78 is 35.4. The van der Waals surface area contributed by atoms with E-state index < -0.39 is 33.8 Å². The van der Waals surface area contributed by atoms with Gasteiger partial charge in [-0.3, -0.25) is 19.0 Å². The van der Waals surface area contributed by atoms with E-state index in [0.717, 1.165) is 42.8 Å². The van der Waals surface area contributed by atoms with Gasteiger partial charge in [-0.1, -0.05) is 36.7 Å². The number of hydrogen-bond acceptors (Lipinski definition) is 8. The number of carbonyl (C=O) groups excluding carboxylic acids is 2. The minimum Gasteiger partial charge on any atom is -0.490 e. The Kier molecular flexibility index (Phi) is 9.81. The highest BCUT2D eigenvalue weighted by molar-refractivity contribution is 7.92. The molecule has 1 spiro atoms. The average molecular weight is 736 g/mol. The summed E-state index contributed by atoms with van der Waals surface area (Å²) in [6, 6.07) is 11.4. The number of halogens is 1. The number of aromatic nitrogens is 2. The molecule has 272 valence electrons. The second-order valence-corrected chi connectivity index (χ2v) is 17.2. The van der Waals surface area contributed by atoms with E-state index in [0.29, 0.717) is 37.1 Å². The molecule has 3 heterocycles. The average Bonchev–Trinajstić information content (AvgIpc) is 3.35. The van der Waals surface area contributed by atoms with E-state index in [1.54, 1.807) is 52.3 Å². The van der Waals surface area contributed by atoms with E-state index >= 15 is 0 Å². The van der Waals surface area contributed by atoms with E-state index in [4.69, 9.17) is 21.1 Å². The molecule has 1 fully saturated rings. The summed E-state index contributed by atoms with van der Waals surface area (Å²) in [6.07, 6.45) is 8.75. The maximum Gasteiger partial charge on any atom is 0.286 e. The number of nitrogens with one attached hydrogen (secondary N) is 1. The topological polar surface area (TPSA) is 135 Å². The SMILES string of the molecule is CO[C@H]1/C=C/[C@H](O)[C@H](C)C[S@@](=O)(NC(=O)c2cn(C)nc2C)=NC(=O)c2ccc3c(c2)N(C[C@@H]2CC[C@H]21)C[C@@]1(CCCc2cc(Cl)ccc21)CO3. The van der Waals surface area contributed by atoms with Crippen LogP contribution in [-0.2, 0) is 33.5 Å². The molecule has 2 aromatic carbocycles. The maximum atomic E-state index is 14.6. The molecule has 7 rings (SSSR count). The van der Waals surface area contributed by atoms with Gasteiger partial charge in [0.2, 0.25) is 0 Å². The van der Waals surface area contributed by atoms with Crippen LogP contribution in [0.1, 0.15) is 70.1 Å². The van der Waals surface area contributed by atoms with Crippen molar-refractivity contribution in [2.45, 2.75) is 63.6 Å². The summed E-state index contributed by atoms with van der Waals surface area (Å²) in [5.41, 5.74) is 3.87. The van der Waals surface area contributed by atoms with Crippen LogP contribution in [0.4, 0.5) is 5.69 Å². The molecule has 13 heteroatoms. The van der Waals surface area contributed by atoms with E-state index in [9.17, 15) is 18.9 Å². The number of aryl methyl sites for hydroxylation is 3. The maximum absolute atomic E-state index is 14.6. The van der Waals surface area contributed by atoms with Crippen LogP contribution < -0.4 is 14.4 Å². The van der Waals surface area contributed by atoms with Gasteiger partial charge in [-0.25, -0.2) is 4.21 Å². The van der Waals surface area contributed by atoms with Gasteiger partial charge in [-0.2, -0.15) is 5.10 Å². The molecule has 2 aliphatic heterocycles. The number of aliphatic hydroxyl groups is 1. The first-order valence-corrected chi connectivity index (χ1v) is 19.7. The molecule has 2 amide bonds. The van der Waals surface area contributed by atoms with Crippen LogP contribution in [0.2, 0.25) is 5.02 Å². The van der Waals surface area contributed by atoms with Crippen molar-refractivity contribution >= 4 is 39.0 Å². The summed E-state index contributed by atoms with van der Waals surface area (Å²) in [5.74, 6) is -1.09. The minimum atomic E-state index is -3.72. The Morgan fingerprint density at radius 2 is 2.02 bits per heavy atom. The lowest BCUT2D eigenvalue weighted by Crippen LogP contribution is -2.49. The van der Waals surface area contributed by atoms with Crippen LogP contribution in [0.3, 0.4) is 0 Å². The Hall–Kier alpha value is -3.71. The van der Waals surface area contributed by atoms with Gasteiger partial charge in [-0.15, -0.1) is 4.36 Å². The number of benzene rings is 2. The number of anilines is 1. The smallest absolute Gasteiger partial charge is 0.286 e. The fraction of sp³-hybridized carbons (Fsp3) is 0.500. The van der Waals surface area contributed by atoms with Crippen LogP contribution in [0.5, 0.6) is 5.75 Å². The van der Waals surface area contributed by atoms with Crippen LogP contribution in [0.15, 0.2) is 59.1 Å². The quantitative estimate of drug-likeness (QED) is 0.341. The van der Waals surface area contributed by atoms with Crippen LogP contribution in [-0.4, -0.2) is 75.7 Å². The van der Waals surface area contributed by atoms with Crippen LogP contribution in [0, 0.1) is 24.7 Å². The van der Waals surface area contributed by atoms with Crippen molar-refractivity contribution < 1.29 is 28.4 Å². The number of aliphatic hydroxyl groups excluding tert-OH is 1. The normalized spacial score (nSPS) is 31.3. The zero-order valence-corrected chi connectivity index (χ0v) is 31.1. The lowest BCUT2D eigenvalue weighted by Gasteiger charge is -2.46. The molecule has 2 bridgehead atoms. The summed E-state index contributed by atoms with van der Waals surface area (Å²) in [6.45, 7) is 5.26. The van der Waals surface area contributed by atoms with Crippen LogP contribution >= 0.6 is 11.6 Å². The second-order valence-electron chi connectivity index (χ2n) is 14.8. The Morgan fingerprint density at radius 3 is 2.75 bits per heavy atom. The molecule has 1 aromatic heterocycles. The van der Waals surface area contributed by atoms with Gasteiger partial charge in [0.1, 0.15) is 15.7 Å². The number of nitrogens with zero attached hydrogens (tertiary/aromatic N) is 4. The lowest BCUT2D eigenvalue weighted by atomic mass is 9.68. The Labute approximate surface area is 304 Å². The third kappa shape index (κ3) is 7.07. The predicted molar refractivity (Wildman–Crippen MR) is 197 cm³/mol. The molecule has 0 unspecified atom stereocenters. The van der Waals surface area contributed by atoms with E-state index in [1.165, 1.54) is 22.0 Å². The second kappa shape index (κ2) is 14.0. The highest BCUT2D eigenvalue weighted by atomic mass is 35.5. The number of hydrogen-bond donors (Lipinski definition) is 2. The van der Waals surface area contributed by atoms with Gasteiger partial charge in [0, 0.05) is 49.4 Å². The zero-order chi connectivity index (χ0) is 36.1. The number of rotatable bonds is 3. The van der Waals surface area contributed by atoms with Crippen molar-refractivity contribution in [3.05, 3.63) is 87.7 Å². The summed E-state index contributed by atoms with van der Waals surface area (Å²) in [7, 11) is -0.352. The van der Waals surface area contributed by atoms with E-state index in [-0.39, 0.29) is 34.3 Å². The number of ether oxygens (including phenoxy) is 2. The van der Waals surface area contributed by atoms with Gasteiger partial charge in [0.05, 0.1) is 41.5 Å². The van der Waals surface area contributed by atoms with Crippen molar-refractivity contribution in [2.24, 2.45) is 29.2 Å². The highest BCUT2D eigenvalue weighted by Gasteiger charge is 2.44. The molecule has 3 aromatic rings. The van der Waals surface area contributed by atoms with Gasteiger partial charge in [0.25, 0.3) is 11.8 Å². The molecule has 1 saturated carbocycles. The van der Waals surface area contributed by atoms with Crippen molar-refractivity contribution in [3.8, 4) is 5.75 Å². The Balaban J connectivity index is 1.32. The van der Waals surface area contributed by atoms with Crippen molar-refractivity contribution in [1.29, 1.82) is 0 Å². The molecule has 2 aliphatic carbocycles. The fourth-order valence-corrected chi connectivity index (χ4v) is 10.4. The minimum absolute atomic E-state index is 0.216. The molecule has 2 N–H and O–H groups in total. The molecule has 4 aliphatic rings. The molecular weight excluding hydrogens is 690 g/mol. The molecular formula is C38H46ClN5O6S. The monoisotopic (exact) mass is 735 g/mol. The standard InChI is InChI=1S/C38H46ClN5O6S/c1-23-20-51(48,42-37(47)30-19-43(3)40-24(30)2)41-36(46)26-8-13-35-32(17-26)44(18-27-7-10-29(27)34(49-4)14-12-33(23)45)21-38(22-50-35)15-5-6-25-16-28(39)9-11-31(25)38/h8-9,11-14,16-17,19,23,27,29,33-34,45H,5-7,10,15,18,20-22H2,1-4H3,(H,41,42,46,47,48)/b14-12+/t23-,27+,29-,33+,34+,38+,51+/m1/s1. The van der Waals surface area contributed by atoms with Crippen molar-refractivity contribution in [1.82, 2.24) is 14.5 Å².